The Hall–Kier alpha value is -4.46. The summed E-state index contributed by atoms with van der Waals surface area (Å²) in [5.74, 6) is 5.23. The Morgan fingerprint density at radius 2 is 2.03 bits per heavy atom. The number of rotatable bonds is 4. The fourth-order valence-corrected chi connectivity index (χ4v) is 3.73. The average Bonchev–Trinajstić information content (AvgIpc) is 2.98. The summed E-state index contributed by atoms with van der Waals surface area (Å²) >= 11 is 0. The maximum absolute atomic E-state index is 13.4. The first-order chi connectivity index (χ1) is 17.8. The van der Waals surface area contributed by atoms with Crippen LogP contribution < -0.4 is 19.7 Å². The number of hydrogen-bond acceptors (Lipinski definition) is 7. The maximum atomic E-state index is 13.4. The van der Waals surface area contributed by atoms with Crippen LogP contribution in [0, 0.1) is 17.7 Å². The largest absolute Gasteiger partial charge is 0.489 e. The number of anilines is 1. The molecule has 0 spiro atoms. The van der Waals surface area contributed by atoms with Crippen molar-refractivity contribution in [3.8, 4) is 29.1 Å². The summed E-state index contributed by atoms with van der Waals surface area (Å²) in [7, 11) is 1.57. The zero-order valence-electron chi connectivity index (χ0n) is 19.7. The van der Waals surface area contributed by atoms with Crippen LogP contribution in [-0.2, 0) is 9.53 Å². The normalized spacial score (nSPS) is 17.8. The van der Waals surface area contributed by atoms with Crippen LogP contribution in [0.15, 0.2) is 60.8 Å². The van der Waals surface area contributed by atoms with Crippen LogP contribution in [0.1, 0.15) is 16.1 Å². The molecule has 0 bridgehead atoms. The Bertz CT molecular complexity index is 1430. The first kappa shape index (κ1) is 24.2. The summed E-state index contributed by atoms with van der Waals surface area (Å²) in [6.45, 7) is 0.217. The van der Waals surface area contributed by atoms with E-state index >= 15 is 0 Å². The average molecular weight is 503 g/mol. The molecule has 188 valence electrons. The molecule has 0 saturated carbocycles. The van der Waals surface area contributed by atoms with E-state index in [-0.39, 0.29) is 37.0 Å². The topological polar surface area (TPSA) is 110 Å². The van der Waals surface area contributed by atoms with Gasteiger partial charge in [-0.25, -0.2) is 4.39 Å². The second kappa shape index (κ2) is 9.89. The third-order valence-corrected chi connectivity index (χ3v) is 5.78. The molecule has 2 amide bonds. The van der Waals surface area contributed by atoms with E-state index in [0.717, 1.165) is 0 Å². The van der Waals surface area contributed by atoms with E-state index in [1.165, 1.54) is 41.4 Å². The molecule has 2 aromatic carbocycles. The number of nitrogens with zero attached hydrogens (tertiary/aromatic N) is 2. The first-order valence-corrected chi connectivity index (χ1v) is 11.4. The van der Waals surface area contributed by atoms with Crippen molar-refractivity contribution >= 4 is 17.5 Å². The van der Waals surface area contributed by atoms with Gasteiger partial charge in [0.15, 0.2) is 5.60 Å². The minimum atomic E-state index is -1.16. The number of fused-ring (bicyclic) bond motifs is 1. The summed E-state index contributed by atoms with van der Waals surface area (Å²) in [6.07, 6.45) is 1.38. The van der Waals surface area contributed by atoms with E-state index in [9.17, 15) is 19.1 Å². The quantitative estimate of drug-likeness (QED) is 0.526. The molecule has 0 unspecified atom stereocenters. The van der Waals surface area contributed by atoms with Crippen LogP contribution in [0.2, 0.25) is 0 Å². The van der Waals surface area contributed by atoms with Gasteiger partial charge in [0.2, 0.25) is 0 Å². The predicted molar refractivity (Wildman–Crippen MR) is 130 cm³/mol. The van der Waals surface area contributed by atoms with Crippen molar-refractivity contribution < 1.29 is 33.3 Å². The van der Waals surface area contributed by atoms with E-state index < -0.39 is 29.3 Å². The molecule has 9 nitrogen and oxygen atoms in total. The van der Waals surface area contributed by atoms with Crippen molar-refractivity contribution in [1.29, 1.82) is 0 Å². The van der Waals surface area contributed by atoms with Gasteiger partial charge in [-0.05, 0) is 36.4 Å². The maximum Gasteiger partial charge on any atom is 0.270 e. The molecule has 1 saturated heterocycles. The fourth-order valence-electron chi connectivity index (χ4n) is 3.73. The Kier molecular flexibility index (Phi) is 6.48. The van der Waals surface area contributed by atoms with Gasteiger partial charge < -0.3 is 29.5 Å². The number of pyridine rings is 1. The lowest BCUT2D eigenvalue weighted by Gasteiger charge is -2.30. The highest BCUT2D eigenvalue weighted by atomic mass is 19.1. The lowest BCUT2D eigenvalue weighted by molar-refractivity contribution is -0.140. The number of hydrogen-bond donors (Lipinski definition) is 2. The SMILES string of the molecule is CN1C(=O)[C@@H](NC(=O)c2cc(Oc3cccc(F)c3)ccn2)COc2ccc(C#CC3(O)COC3)cc21. The molecule has 2 aliphatic rings. The van der Waals surface area contributed by atoms with Gasteiger partial charge in [0.25, 0.3) is 11.8 Å². The number of aliphatic hydroxyl groups is 1. The minimum Gasteiger partial charge on any atom is -0.489 e. The molecule has 3 aromatic rings. The van der Waals surface area contributed by atoms with Crippen LogP contribution in [-0.4, -0.2) is 60.4 Å². The summed E-state index contributed by atoms with van der Waals surface area (Å²) in [4.78, 5) is 31.5. The van der Waals surface area contributed by atoms with Crippen molar-refractivity contribution in [2.45, 2.75) is 11.6 Å². The van der Waals surface area contributed by atoms with E-state index in [2.05, 4.69) is 22.1 Å². The third kappa shape index (κ3) is 5.38. The number of carbonyl (C=O) groups is 2. The highest BCUT2D eigenvalue weighted by Crippen LogP contribution is 2.32. The van der Waals surface area contributed by atoms with Crippen LogP contribution in [0.25, 0.3) is 0 Å². The fraction of sp³-hybridized carbons (Fsp3) is 0.222. The van der Waals surface area contributed by atoms with Crippen molar-refractivity contribution in [2.75, 3.05) is 31.8 Å². The summed E-state index contributed by atoms with van der Waals surface area (Å²) < 4.78 is 29.8. The molecule has 1 aromatic heterocycles. The van der Waals surface area contributed by atoms with Crippen molar-refractivity contribution in [3.63, 3.8) is 0 Å². The Morgan fingerprint density at radius 1 is 1.22 bits per heavy atom. The number of ether oxygens (including phenoxy) is 3. The van der Waals surface area contributed by atoms with Gasteiger partial charge in [0, 0.05) is 30.9 Å². The van der Waals surface area contributed by atoms with E-state index in [1.54, 1.807) is 31.3 Å². The Labute approximate surface area is 211 Å². The molecular weight excluding hydrogens is 481 g/mol. The second-order valence-electron chi connectivity index (χ2n) is 8.63. The van der Waals surface area contributed by atoms with Gasteiger partial charge >= 0.3 is 0 Å². The Balaban J connectivity index is 1.29. The van der Waals surface area contributed by atoms with Gasteiger partial charge in [-0.2, -0.15) is 0 Å². The van der Waals surface area contributed by atoms with Gasteiger partial charge in [0.05, 0.1) is 18.9 Å². The van der Waals surface area contributed by atoms with E-state index in [4.69, 9.17) is 14.2 Å². The molecule has 5 rings (SSSR count). The van der Waals surface area contributed by atoms with Gasteiger partial charge in [0.1, 0.15) is 41.4 Å². The summed E-state index contributed by atoms with van der Waals surface area (Å²) in [5.41, 5.74) is -0.0756. The highest BCUT2D eigenvalue weighted by Gasteiger charge is 2.34. The third-order valence-electron chi connectivity index (χ3n) is 5.78. The van der Waals surface area contributed by atoms with Crippen molar-refractivity contribution in [2.24, 2.45) is 0 Å². The summed E-state index contributed by atoms with van der Waals surface area (Å²) in [5, 5.41) is 12.8. The molecule has 1 fully saturated rings. The molecule has 10 heteroatoms. The number of halogens is 1. The van der Waals surface area contributed by atoms with Gasteiger partial charge in [-0.15, -0.1) is 0 Å². The molecule has 37 heavy (non-hydrogen) atoms. The zero-order chi connectivity index (χ0) is 26.0. The molecule has 2 N–H and O–H groups in total. The summed E-state index contributed by atoms with van der Waals surface area (Å²) in [6, 6.07) is 12.6. The lowest BCUT2D eigenvalue weighted by Crippen LogP contribution is -2.49. The van der Waals surface area contributed by atoms with Gasteiger partial charge in [-0.1, -0.05) is 17.9 Å². The van der Waals surface area contributed by atoms with E-state index in [1.807, 2.05) is 0 Å². The van der Waals surface area contributed by atoms with Crippen molar-refractivity contribution in [1.82, 2.24) is 10.3 Å². The highest BCUT2D eigenvalue weighted by molar-refractivity contribution is 6.03. The monoisotopic (exact) mass is 503 g/mol. The molecule has 0 aliphatic carbocycles. The van der Waals surface area contributed by atoms with Gasteiger partial charge in [-0.3, -0.25) is 14.6 Å². The van der Waals surface area contributed by atoms with E-state index in [0.29, 0.717) is 17.0 Å². The Morgan fingerprint density at radius 3 is 2.78 bits per heavy atom. The second-order valence-corrected chi connectivity index (χ2v) is 8.63. The number of amides is 2. The molecule has 0 radical (unpaired) electrons. The number of aromatic nitrogens is 1. The number of likely N-dealkylation sites (N-methyl/N-ethyl adjacent to an activating group) is 1. The van der Waals surface area contributed by atoms with Crippen LogP contribution in [0.5, 0.6) is 17.2 Å². The molecule has 2 aliphatic heterocycles. The van der Waals surface area contributed by atoms with Crippen LogP contribution in [0.3, 0.4) is 0 Å². The number of nitrogens with one attached hydrogen (secondary N) is 1. The molecule has 1 atom stereocenters. The predicted octanol–water partition coefficient (Wildman–Crippen LogP) is 2.28. The first-order valence-electron chi connectivity index (χ1n) is 11.4. The van der Waals surface area contributed by atoms with Crippen molar-refractivity contribution in [3.05, 3.63) is 77.9 Å². The number of carbonyl (C=O) groups excluding carboxylic acids is 2. The van der Waals surface area contributed by atoms with Crippen LogP contribution in [0.4, 0.5) is 10.1 Å². The molecular formula is C27H22FN3O6. The standard InChI is InChI=1S/C27H22FN3O6/c1-31-23-11-17(7-9-27(34)15-35-16-27)5-6-24(23)36-14-22(26(31)33)30-25(32)21-13-20(8-10-29-21)37-19-4-2-3-18(28)12-19/h2-6,8,10-13,22,34H,14-16H2,1H3,(H,30,32)/t22-/m0/s1. The van der Waals surface area contributed by atoms with Crippen LogP contribution >= 0.6 is 0 Å². The number of benzene rings is 2. The minimum absolute atomic E-state index is 0.0154. The lowest BCUT2D eigenvalue weighted by atomic mass is 10.0. The molecule has 3 heterocycles. The smallest absolute Gasteiger partial charge is 0.270 e. The zero-order valence-corrected chi connectivity index (χ0v) is 19.7.